The van der Waals surface area contributed by atoms with Crippen LogP contribution in [0.1, 0.15) is 19.3 Å². The highest BCUT2D eigenvalue weighted by atomic mass is 32.1. The monoisotopic (exact) mass is 339 g/mol. The van der Waals surface area contributed by atoms with Crippen molar-refractivity contribution in [3.05, 3.63) is 18.2 Å². The maximum Gasteiger partial charge on any atom is 0.162 e. The molecule has 1 aromatic rings. The molecule has 0 aromatic heterocycles. The Morgan fingerprint density at radius 1 is 1.09 bits per heavy atom. The third-order valence-electron chi connectivity index (χ3n) is 4.22. The Labute approximate surface area is 144 Å². The fourth-order valence-corrected chi connectivity index (χ4v) is 2.97. The third-order valence-corrected chi connectivity index (χ3v) is 4.50. The molecule has 2 heterocycles. The summed E-state index contributed by atoms with van der Waals surface area (Å²) in [7, 11) is 0. The summed E-state index contributed by atoms with van der Waals surface area (Å²) in [4.78, 5) is 3.32. The predicted molar refractivity (Wildman–Crippen MR) is 96.6 cm³/mol. The van der Waals surface area contributed by atoms with Gasteiger partial charge in [0.2, 0.25) is 0 Å². The summed E-state index contributed by atoms with van der Waals surface area (Å²) in [6.45, 7) is 6.54. The van der Waals surface area contributed by atoms with E-state index in [4.69, 9.17) is 20.9 Å². The van der Waals surface area contributed by atoms with Crippen molar-refractivity contribution in [1.82, 2.24) is 4.90 Å². The molecule has 3 rings (SSSR count). The van der Waals surface area contributed by atoms with Gasteiger partial charge in [-0.1, -0.05) is 0 Å². The summed E-state index contributed by atoms with van der Waals surface area (Å²) in [6, 6.07) is 5.67. The van der Waals surface area contributed by atoms with E-state index in [9.17, 15) is 0 Å². The molecule has 0 bridgehead atoms. The van der Waals surface area contributed by atoms with Crippen LogP contribution in [0.2, 0.25) is 0 Å². The molecule has 2 aliphatic heterocycles. The molecule has 0 unspecified atom stereocenters. The van der Waals surface area contributed by atoms with Crippen LogP contribution in [0.3, 0.4) is 0 Å². The predicted octanol–water partition coefficient (Wildman–Crippen LogP) is 1.75. The van der Waals surface area contributed by atoms with Crippen LogP contribution < -0.4 is 20.9 Å². The minimum absolute atomic E-state index is 0.726. The lowest BCUT2D eigenvalue weighted by Gasteiger charge is -2.30. The first-order chi connectivity index (χ1) is 11.2. The van der Waals surface area contributed by atoms with Gasteiger partial charge in [-0.25, -0.2) is 0 Å². The van der Waals surface area contributed by atoms with Gasteiger partial charge in [0.25, 0.3) is 0 Å². The average Bonchev–Trinajstić information content (AvgIpc) is 2.81. The zero-order chi connectivity index (χ0) is 16.5. The van der Waals surface area contributed by atoms with Crippen LogP contribution in [0, 0.1) is 5.92 Å². The van der Waals surface area contributed by atoms with Crippen LogP contribution in [-0.4, -0.2) is 50.8 Å². The number of hydrogen-bond donors (Lipinski definition) is 3. The zero-order valence-electron chi connectivity index (χ0n) is 13.7. The smallest absolute Gasteiger partial charge is 0.162 e. The Morgan fingerprint density at radius 3 is 2.43 bits per heavy atom. The summed E-state index contributed by atoms with van der Waals surface area (Å²) in [6.07, 6.45) is 3.46. The largest absolute Gasteiger partial charge is 0.490 e. The van der Waals surface area contributed by atoms with Crippen molar-refractivity contribution in [1.29, 1.82) is 0 Å². The Morgan fingerprint density at radius 2 is 1.78 bits per heavy atom. The number of nitrogens with two attached hydrogens (primary N) is 2. The third kappa shape index (κ3) is 6.22. The number of hydrogen-bond acceptors (Lipinski definition) is 6. The Kier molecular flexibility index (Phi) is 8.02. The highest BCUT2D eigenvalue weighted by Crippen LogP contribution is 2.31. The number of ether oxygens (including phenoxy) is 2. The van der Waals surface area contributed by atoms with Crippen molar-refractivity contribution in [3.8, 4) is 11.5 Å². The second-order valence-corrected chi connectivity index (χ2v) is 6.51. The molecule has 0 saturated carbocycles. The summed E-state index contributed by atoms with van der Waals surface area (Å²) in [5.41, 5.74) is 11.0. The molecule has 0 radical (unpaired) electrons. The molecule has 1 aromatic carbocycles. The van der Waals surface area contributed by atoms with Gasteiger partial charge < -0.3 is 25.8 Å². The zero-order valence-corrected chi connectivity index (χ0v) is 14.6. The van der Waals surface area contributed by atoms with Crippen LogP contribution in [0.4, 0.5) is 0 Å². The van der Waals surface area contributed by atoms with Gasteiger partial charge in [-0.05, 0) is 56.6 Å². The quantitative estimate of drug-likeness (QED) is 0.732. The highest BCUT2D eigenvalue weighted by Gasteiger charge is 2.16. The number of benzene rings is 1. The molecule has 130 valence electrons. The van der Waals surface area contributed by atoms with Crippen molar-refractivity contribution >= 4 is 12.6 Å². The molecule has 0 amide bonds. The van der Waals surface area contributed by atoms with Gasteiger partial charge in [-0.2, -0.15) is 0 Å². The van der Waals surface area contributed by atoms with Gasteiger partial charge in [-0.15, -0.1) is 12.6 Å². The summed E-state index contributed by atoms with van der Waals surface area (Å²) < 4.78 is 10.9. The topological polar surface area (TPSA) is 73.7 Å². The lowest BCUT2D eigenvalue weighted by atomic mass is 9.97. The number of piperidine rings is 1. The fourth-order valence-electron chi connectivity index (χ4n) is 2.78. The van der Waals surface area contributed by atoms with Crippen LogP contribution >= 0.6 is 12.6 Å². The standard InChI is InChI=1S/C9H10O2S.C8H19N3/c12-7-2-3-8-9(6-7)11-5-1-4-10-8;9-3-6-11-4-1-8(7-10)2-5-11/h2-3,6,12H,1,4-5H2;8H,1-7,9-10H2. The van der Waals surface area contributed by atoms with Crippen LogP contribution in [0.25, 0.3) is 0 Å². The highest BCUT2D eigenvalue weighted by molar-refractivity contribution is 7.80. The summed E-state index contributed by atoms with van der Waals surface area (Å²) in [5.74, 6) is 2.40. The molecule has 5 nitrogen and oxygen atoms in total. The van der Waals surface area contributed by atoms with Crippen LogP contribution in [0.15, 0.2) is 23.1 Å². The Bertz CT molecular complexity index is 465. The van der Waals surface area contributed by atoms with E-state index in [0.717, 1.165) is 61.6 Å². The van der Waals surface area contributed by atoms with E-state index in [1.807, 2.05) is 18.2 Å². The number of nitrogens with zero attached hydrogens (tertiary/aromatic N) is 1. The first-order valence-electron chi connectivity index (χ1n) is 8.44. The van der Waals surface area contributed by atoms with Gasteiger partial charge >= 0.3 is 0 Å². The van der Waals surface area contributed by atoms with Crippen LogP contribution in [-0.2, 0) is 0 Å². The van der Waals surface area contributed by atoms with Crippen molar-refractivity contribution in [3.63, 3.8) is 0 Å². The fraction of sp³-hybridized carbons (Fsp3) is 0.647. The number of thiol groups is 1. The van der Waals surface area contributed by atoms with Crippen molar-refractivity contribution in [2.24, 2.45) is 17.4 Å². The van der Waals surface area contributed by atoms with E-state index in [1.165, 1.54) is 25.9 Å². The van der Waals surface area contributed by atoms with E-state index in [0.29, 0.717) is 0 Å². The minimum Gasteiger partial charge on any atom is -0.490 e. The van der Waals surface area contributed by atoms with E-state index in [2.05, 4.69) is 17.5 Å². The minimum atomic E-state index is 0.726. The van der Waals surface area contributed by atoms with Gasteiger partial charge in [0.1, 0.15) is 0 Å². The van der Waals surface area contributed by atoms with E-state index >= 15 is 0 Å². The molecule has 0 atom stereocenters. The van der Waals surface area contributed by atoms with E-state index in [-0.39, 0.29) is 0 Å². The molecule has 1 saturated heterocycles. The molecular formula is C17H29N3O2S. The summed E-state index contributed by atoms with van der Waals surface area (Å²) >= 11 is 4.22. The molecule has 23 heavy (non-hydrogen) atoms. The molecule has 4 N–H and O–H groups in total. The number of rotatable bonds is 3. The van der Waals surface area contributed by atoms with E-state index < -0.39 is 0 Å². The first kappa shape index (κ1) is 18.4. The average molecular weight is 340 g/mol. The molecule has 2 aliphatic rings. The summed E-state index contributed by atoms with van der Waals surface area (Å²) in [5, 5.41) is 0. The van der Waals surface area contributed by atoms with Gasteiger partial charge in [0.15, 0.2) is 11.5 Å². The van der Waals surface area contributed by atoms with Crippen molar-refractivity contribution in [2.75, 3.05) is 45.9 Å². The SMILES string of the molecule is NCCN1CCC(CN)CC1.Sc1ccc2c(c1)OCCCO2. The first-order valence-corrected chi connectivity index (χ1v) is 8.88. The second kappa shape index (κ2) is 10.0. The molecular weight excluding hydrogens is 310 g/mol. The Balaban J connectivity index is 0.000000168. The molecule has 1 fully saturated rings. The van der Waals surface area contributed by atoms with Gasteiger partial charge in [0, 0.05) is 24.4 Å². The maximum absolute atomic E-state index is 5.58. The normalized spacial score (nSPS) is 18.7. The van der Waals surface area contributed by atoms with Gasteiger partial charge in [-0.3, -0.25) is 0 Å². The molecule has 6 heteroatoms. The van der Waals surface area contributed by atoms with Gasteiger partial charge in [0.05, 0.1) is 13.2 Å². The van der Waals surface area contributed by atoms with E-state index in [1.54, 1.807) is 0 Å². The maximum atomic E-state index is 5.58. The number of fused-ring (bicyclic) bond motifs is 1. The molecule has 0 spiro atoms. The van der Waals surface area contributed by atoms with Crippen LogP contribution in [0.5, 0.6) is 11.5 Å². The van der Waals surface area contributed by atoms with Crippen molar-refractivity contribution < 1.29 is 9.47 Å². The Hall–Kier alpha value is -0.950. The lowest BCUT2D eigenvalue weighted by molar-refractivity contribution is 0.192. The number of likely N-dealkylation sites (tertiary alicyclic amines) is 1. The van der Waals surface area contributed by atoms with Crippen molar-refractivity contribution in [2.45, 2.75) is 24.2 Å². The molecule has 0 aliphatic carbocycles. The lowest BCUT2D eigenvalue weighted by Crippen LogP contribution is -2.38. The second-order valence-electron chi connectivity index (χ2n) is 5.99.